The highest BCUT2D eigenvalue weighted by Gasteiger charge is 2.60. The summed E-state index contributed by atoms with van der Waals surface area (Å²) in [6.07, 6.45) is 2.01. The van der Waals surface area contributed by atoms with Crippen LogP contribution < -0.4 is 10.5 Å². The Balaban J connectivity index is 1.52. The predicted molar refractivity (Wildman–Crippen MR) is 86.2 cm³/mol. The molecule has 2 aliphatic heterocycles. The number of carbonyl (C=O) groups excluding carboxylic acids is 2. The minimum Gasteiger partial charge on any atom is -0.477 e. The molecule has 0 unspecified atom stereocenters. The Morgan fingerprint density at radius 1 is 1.21 bits per heavy atom. The zero-order valence-corrected chi connectivity index (χ0v) is 13.6. The summed E-state index contributed by atoms with van der Waals surface area (Å²) >= 11 is 0. The molecule has 2 atom stereocenters. The van der Waals surface area contributed by atoms with Gasteiger partial charge in [-0.05, 0) is 18.6 Å². The molecule has 2 N–H and O–H groups in total. The van der Waals surface area contributed by atoms with E-state index in [9.17, 15) is 9.59 Å². The number of ether oxygens (including phenoxy) is 2. The first-order valence-corrected chi connectivity index (χ1v) is 8.47. The molecule has 4 rings (SSSR count). The molecule has 3 fully saturated rings. The highest BCUT2D eigenvalue weighted by atomic mass is 16.5. The lowest BCUT2D eigenvalue weighted by Crippen LogP contribution is -2.49. The molecule has 24 heavy (non-hydrogen) atoms. The van der Waals surface area contributed by atoms with E-state index in [0.29, 0.717) is 51.3 Å². The number of nitrogens with two attached hydrogens (primary N) is 1. The van der Waals surface area contributed by atoms with Gasteiger partial charge in [0.2, 0.25) is 5.91 Å². The Hall–Kier alpha value is -2.08. The fourth-order valence-corrected chi connectivity index (χ4v) is 3.98. The third-order valence-electron chi connectivity index (χ3n) is 5.64. The molecule has 1 aromatic rings. The Labute approximate surface area is 140 Å². The van der Waals surface area contributed by atoms with Crippen molar-refractivity contribution in [3.05, 3.63) is 30.3 Å². The maximum Gasteiger partial charge on any atom is 0.266 e. The van der Waals surface area contributed by atoms with Crippen LogP contribution in [0.15, 0.2) is 30.3 Å². The lowest BCUT2D eigenvalue weighted by atomic mass is 9.74. The second-order valence-corrected chi connectivity index (χ2v) is 7.14. The van der Waals surface area contributed by atoms with Crippen molar-refractivity contribution in [3.8, 4) is 5.75 Å². The second-order valence-electron chi connectivity index (χ2n) is 7.14. The first-order chi connectivity index (χ1) is 11.6. The van der Waals surface area contributed by atoms with Crippen molar-refractivity contribution in [2.75, 3.05) is 26.3 Å². The average molecular weight is 330 g/mol. The summed E-state index contributed by atoms with van der Waals surface area (Å²) in [5.41, 5.74) is 4.28. The lowest BCUT2D eigenvalue weighted by molar-refractivity contribution is -0.141. The van der Waals surface area contributed by atoms with Gasteiger partial charge in [0.05, 0.1) is 12.0 Å². The van der Waals surface area contributed by atoms with E-state index >= 15 is 0 Å². The van der Waals surface area contributed by atoms with Gasteiger partial charge < -0.3 is 20.1 Å². The van der Waals surface area contributed by atoms with Gasteiger partial charge in [-0.3, -0.25) is 9.59 Å². The summed E-state index contributed by atoms with van der Waals surface area (Å²) in [5, 5.41) is 0. The van der Waals surface area contributed by atoms with Crippen molar-refractivity contribution in [1.29, 1.82) is 0 Å². The Morgan fingerprint density at radius 3 is 2.58 bits per heavy atom. The SMILES string of the molecule is NC(=O)[C@]12CCOC[C@H]1CN(C(=O)C1(Oc3ccccc3)CC1)C2. The van der Waals surface area contributed by atoms with Gasteiger partial charge in [0.1, 0.15) is 5.75 Å². The Bertz CT molecular complexity index is 658. The summed E-state index contributed by atoms with van der Waals surface area (Å²) in [6.45, 7) is 1.91. The molecule has 128 valence electrons. The maximum atomic E-state index is 13.1. The Kier molecular flexibility index (Phi) is 3.53. The molecule has 3 aliphatic rings. The van der Waals surface area contributed by atoms with E-state index in [4.69, 9.17) is 15.2 Å². The number of likely N-dealkylation sites (tertiary alicyclic amines) is 1. The predicted octanol–water partition coefficient (Wildman–Crippen LogP) is 0.948. The molecule has 0 bridgehead atoms. The number of hydrogen-bond acceptors (Lipinski definition) is 4. The van der Waals surface area contributed by atoms with Crippen molar-refractivity contribution in [2.24, 2.45) is 17.1 Å². The molecule has 1 saturated carbocycles. The highest BCUT2D eigenvalue weighted by Crippen LogP contribution is 2.47. The van der Waals surface area contributed by atoms with Crippen molar-refractivity contribution in [3.63, 3.8) is 0 Å². The first-order valence-electron chi connectivity index (χ1n) is 8.47. The number of amides is 2. The molecular formula is C18H22N2O4. The normalized spacial score (nSPS) is 30.5. The molecule has 0 aromatic heterocycles. The van der Waals surface area contributed by atoms with E-state index in [1.807, 2.05) is 30.3 Å². The van der Waals surface area contributed by atoms with Gasteiger partial charge in [-0.25, -0.2) is 0 Å². The fourth-order valence-electron chi connectivity index (χ4n) is 3.98. The fraction of sp³-hybridized carbons (Fsp3) is 0.556. The van der Waals surface area contributed by atoms with E-state index in [1.54, 1.807) is 4.90 Å². The van der Waals surface area contributed by atoms with E-state index < -0.39 is 11.0 Å². The Morgan fingerprint density at radius 2 is 1.96 bits per heavy atom. The number of benzene rings is 1. The van der Waals surface area contributed by atoms with Crippen LogP contribution in [0.3, 0.4) is 0 Å². The van der Waals surface area contributed by atoms with E-state index in [0.717, 1.165) is 0 Å². The summed E-state index contributed by atoms with van der Waals surface area (Å²) in [4.78, 5) is 26.9. The van der Waals surface area contributed by atoms with Crippen LogP contribution in [-0.2, 0) is 14.3 Å². The number of carbonyl (C=O) groups is 2. The van der Waals surface area contributed by atoms with Crippen LogP contribution in [0.25, 0.3) is 0 Å². The molecule has 6 nitrogen and oxygen atoms in total. The average Bonchev–Trinajstić information content (AvgIpc) is 3.25. The summed E-state index contributed by atoms with van der Waals surface area (Å²) in [5.74, 6) is 0.342. The van der Waals surface area contributed by atoms with Crippen LogP contribution in [0.1, 0.15) is 19.3 Å². The molecular weight excluding hydrogens is 308 g/mol. The second kappa shape index (κ2) is 5.48. The highest BCUT2D eigenvalue weighted by molar-refractivity contribution is 5.90. The third-order valence-corrected chi connectivity index (χ3v) is 5.64. The topological polar surface area (TPSA) is 81.9 Å². The minimum atomic E-state index is -0.769. The number of primary amides is 1. The number of fused-ring (bicyclic) bond motifs is 1. The van der Waals surface area contributed by atoms with Crippen LogP contribution >= 0.6 is 0 Å². The lowest BCUT2D eigenvalue weighted by Gasteiger charge is -2.35. The van der Waals surface area contributed by atoms with Crippen LogP contribution in [0, 0.1) is 11.3 Å². The molecule has 0 spiro atoms. The van der Waals surface area contributed by atoms with Gasteiger partial charge in [-0.2, -0.15) is 0 Å². The van der Waals surface area contributed by atoms with Gasteiger partial charge >= 0.3 is 0 Å². The smallest absolute Gasteiger partial charge is 0.266 e. The molecule has 6 heteroatoms. The standard InChI is InChI=1S/C18H22N2O4/c19-15(21)17-8-9-23-11-13(17)10-20(12-17)16(22)18(6-7-18)24-14-4-2-1-3-5-14/h1-5,13H,6-12H2,(H2,19,21)/t13-,17+/m1/s1. The monoisotopic (exact) mass is 330 g/mol. The molecule has 1 aliphatic carbocycles. The molecule has 0 radical (unpaired) electrons. The van der Waals surface area contributed by atoms with Crippen LogP contribution in [0.4, 0.5) is 0 Å². The van der Waals surface area contributed by atoms with Crippen molar-refractivity contribution >= 4 is 11.8 Å². The largest absolute Gasteiger partial charge is 0.477 e. The van der Waals surface area contributed by atoms with Crippen molar-refractivity contribution in [1.82, 2.24) is 4.90 Å². The molecule has 2 saturated heterocycles. The van der Waals surface area contributed by atoms with Crippen LogP contribution in [0.2, 0.25) is 0 Å². The summed E-state index contributed by atoms with van der Waals surface area (Å²) < 4.78 is 11.5. The minimum absolute atomic E-state index is 0.0137. The molecule has 1 aromatic carbocycles. The molecule has 2 amide bonds. The number of nitrogens with zero attached hydrogens (tertiary/aromatic N) is 1. The quantitative estimate of drug-likeness (QED) is 0.891. The number of para-hydroxylation sites is 1. The van der Waals surface area contributed by atoms with Gasteiger partial charge in [0, 0.05) is 38.5 Å². The maximum absolute atomic E-state index is 13.1. The van der Waals surface area contributed by atoms with Gasteiger partial charge in [-0.15, -0.1) is 0 Å². The van der Waals surface area contributed by atoms with E-state index in [-0.39, 0.29) is 17.7 Å². The van der Waals surface area contributed by atoms with Crippen LogP contribution in [0.5, 0.6) is 5.75 Å². The van der Waals surface area contributed by atoms with Gasteiger partial charge in [0.15, 0.2) is 5.60 Å². The third kappa shape index (κ3) is 2.36. The zero-order valence-electron chi connectivity index (χ0n) is 13.6. The van der Waals surface area contributed by atoms with Crippen LogP contribution in [-0.4, -0.2) is 48.6 Å². The first kappa shape index (κ1) is 15.4. The van der Waals surface area contributed by atoms with Crippen molar-refractivity contribution in [2.45, 2.75) is 24.9 Å². The number of hydrogen-bond donors (Lipinski definition) is 1. The van der Waals surface area contributed by atoms with Gasteiger partial charge in [-0.1, -0.05) is 18.2 Å². The molecule has 2 heterocycles. The number of rotatable bonds is 4. The van der Waals surface area contributed by atoms with E-state index in [1.165, 1.54) is 0 Å². The zero-order chi connectivity index (χ0) is 16.8. The van der Waals surface area contributed by atoms with E-state index in [2.05, 4.69) is 0 Å². The summed E-state index contributed by atoms with van der Waals surface area (Å²) in [7, 11) is 0. The summed E-state index contributed by atoms with van der Waals surface area (Å²) in [6, 6.07) is 9.40. The van der Waals surface area contributed by atoms with Gasteiger partial charge in [0.25, 0.3) is 5.91 Å². The van der Waals surface area contributed by atoms with Crippen molar-refractivity contribution < 1.29 is 19.1 Å².